The van der Waals surface area contributed by atoms with E-state index in [4.69, 9.17) is 0 Å². The summed E-state index contributed by atoms with van der Waals surface area (Å²) in [5.41, 5.74) is 1.59. The number of aryl methyl sites for hydroxylation is 1. The molecule has 0 aliphatic rings. The lowest BCUT2D eigenvalue weighted by Crippen LogP contribution is -2.40. The molecule has 7 nitrogen and oxygen atoms in total. The first-order chi connectivity index (χ1) is 23.4. The lowest BCUT2D eigenvalue weighted by atomic mass is 10.0. The molecule has 2 heterocycles. The summed E-state index contributed by atoms with van der Waals surface area (Å²) in [6.45, 7) is 6.80. The zero-order chi connectivity index (χ0) is 35.3. The Balaban J connectivity index is 1.42. The number of fused-ring (bicyclic) bond motifs is 1. The van der Waals surface area contributed by atoms with Crippen molar-refractivity contribution in [2.24, 2.45) is 7.05 Å². The molecule has 0 radical (unpaired) electrons. The minimum atomic E-state index is -4.42. The number of amides is 1. The van der Waals surface area contributed by atoms with Gasteiger partial charge in [0.1, 0.15) is 6.54 Å². The van der Waals surface area contributed by atoms with Crippen molar-refractivity contribution in [1.82, 2.24) is 24.1 Å². The highest BCUT2D eigenvalue weighted by Gasteiger charge is 2.30. The van der Waals surface area contributed by atoms with Crippen LogP contribution in [-0.2, 0) is 36.9 Å². The zero-order valence-electron chi connectivity index (χ0n) is 27.3. The minimum absolute atomic E-state index is 0.0204. The van der Waals surface area contributed by atoms with Crippen molar-refractivity contribution >= 4 is 28.7 Å². The van der Waals surface area contributed by atoms with Gasteiger partial charge in [0, 0.05) is 50.3 Å². The van der Waals surface area contributed by atoms with Gasteiger partial charge in [0.15, 0.2) is 22.7 Å². The van der Waals surface area contributed by atoms with Gasteiger partial charge in [-0.1, -0.05) is 62.4 Å². The Hall–Kier alpha value is -4.49. The summed E-state index contributed by atoms with van der Waals surface area (Å²) in [7, 11) is 1.67. The van der Waals surface area contributed by atoms with E-state index in [2.05, 4.69) is 10.00 Å². The number of hydrogen-bond donors (Lipinski definition) is 0. The highest BCUT2D eigenvalue weighted by molar-refractivity contribution is 7.98. The predicted octanol–water partition coefficient (Wildman–Crippen LogP) is 7.36. The van der Waals surface area contributed by atoms with Gasteiger partial charge in [0.25, 0.3) is 0 Å². The molecule has 258 valence electrons. The van der Waals surface area contributed by atoms with Crippen LogP contribution in [0.4, 0.5) is 22.0 Å². The van der Waals surface area contributed by atoms with Crippen molar-refractivity contribution in [2.75, 3.05) is 26.2 Å². The molecule has 13 heteroatoms. The van der Waals surface area contributed by atoms with Crippen LogP contribution in [0.2, 0.25) is 0 Å². The number of nitrogens with zero attached hydrogens (tertiary/aromatic N) is 5. The average Bonchev–Trinajstić information content (AvgIpc) is 3.48. The Morgan fingerprint density at radius 1 is 0.918 bits per heavy atom. The van der Waals surface area contributed by atoms with Crippen molar-refractivity contribution in [3.63, 3.8) is 0 Å². The van der Waals surface area contributed by atoms with Crippen molar-refractivity contribution < 1.29 is 26.7 Å². The Morgan fingerprint density at radius 3 is 2.20 bits per heavy atom. The van der Waals surface area contributed by atoms with Crippen LogP contribution in [0.25, 0.3) is 22.2 Å². The molecule has 0 N–H and O–H groups in total. The summed E-state index contributed by atoms with van der Waals surface area (Å²) in [6, 6.07) is 17.6. The first-order valence-corrected chi connectivity index (χ1v) is 16.8. The van der Waals surface area contributed by atoms with Gasteiger partial charge in [-0.15, -0.1) is 11.8 Å². The lowest BCUT2D eigenvalue weighted by molar-refractivity contribution is -0.137. The third-order valence-corrected chi connectivity index (χ3v) is 9.45. The first kappa shape index (κ1) is 35.8. The van der Waals surface area contributed by atoms with E-state index in [1.165, 1.54) is 35.0 Å². The van der Waals surface area contributed by atoms with Crippen molar-refractivity contribution in [1.29, 1.82) is 0 Å². The fraction of sp³-hybridized carbons (Fsp3) is 0.306. The second kappa shape index (κ2) is 15.4. The summed E-state index contributed by atoms with van der Waals surface area (Å²) in [5.74, 6) is -2.16. The van der Waals surface area contributed by atoms with E-state index in [0.29, 0.717) is 34.7 Å². The Kier molecular flexibility index (Phi) is 11.2. The lowest BCUT2D eigenvalue weighted by Gasteiger charge is -2.27. The number of halogens is 5. The quantitative estimate of drug-likeness (QED) is 0.0951. The number of aromatic nitrogens is 3. The number of alkyl halides is 3. The van der Waals surface area contributed by atoms with Gasteiger partial charge < -0.3 is 14.4 Å². The molecule has 0 aliphatic carbocycles. The maximum atomic E-state index is 14.5. The minimum Gasteiger partial charge on any atom is -0.336 e. The van der Waals surface area contributed by atoms with Crippen molar-refractivity contribution in [2.45, 2.75) is 43.9 Å². The van der Waals surface area contributed by atoms with Crippen LogP contribution in [0.3, 0.4) is 0 Å². The molecule has 0 atom stereocenters. The van der Waals surface area contributed by atoms with E-state index in [0.717, 1.165) is 54.2 Å². The van der Waals surface area contributed by atoms with Gasteiger partial charge in [-0.25, -0.2) is 8.78 Å². The monoisotopic (exact) mass is 697 g/mol. The molecule has 0 fully saturated rings. The van der Waals surface area contributed by atoms with Crippen LogP contribution < -0.4 is 5.43 Å². The Bertz CT molecular complexity index is 1970. The number of pyridine rings is 1. The second-order valence-electron chi connectivity index (χ2n) is 11.6. The van der Waals surface area contributed by atoms with Crippen LogP contribution in [0.5, 0.6) is 0 Å². The summed E-state index contributed by atoms with van der Waals surface area (Å²) in [5, 5.41) is 5.18. The van der Waals surface area contributed by atoms with Crippen LogP contribution in [-0.4, -0.2) is 56.2 Å². The third kappa shape index (κ3) is 8.57. The van der Waals surface area contributed by atoms with Crippen LogP contribution in [0.15, 0.2) is 88.8 Å². The predicted molar refractivity (Wildman–Crippen MR) is 181 cm³/mol. The molecule has 0 unspecified atom stereocenters. The molecular weight excluding hydrogens is 661 g/mol. The van der Waals surface area contributed by atoms with Gasteiger partial charge in [0.2, 0.25) is 5.91 Å². The maximum absolute atomic E-state index is 14.5. The number of benzene rings is 3. The standard InChI is InChI=1S/C36H36F5N5O2S/c1-4-44(5-2)17-18-45(20-24-9-11-25(12-10-24)26-13-15-28(16-14-26)36(39,40)41)32(48)22-46-33(19-31(47)29-21-43(3)42-35(29)46)49-23-27-7-6-8-30(37)34(27)38/h6-16,19,21H,4-5,17-18,20,22-23H2,1-3H3. The molecule has 3 aromatic carbocycles. The van der Waals surface area contributed by atoms with E-state index < -0.39 is 23.4 Å². The molecule has 2 aromatic heterocycles. The SMILES string of the molecule is CCN(CC)CCN(Cc1ccc(-c2ccc(C(F)(F)F)cc2)cc1)C(=O)Cn1c(SCc2cccc(F)c2F)cc(=O)c2cn(C)nc21. The van der Waals surface area contributed by atoms with Gasteiger partial charge in [0.05, 0.1) is 16.0 Å². The van der Waals surface area contributed by atoms with Gasteiger partial charge in [-0.2, -0.15) is 18.3 Å². The van der Waals surface area contributed by atoms with Gasteiger partial charge in [-0.05, 0) is 48.0 Å². The maximum Gasteiger partial charge on any atom is 0.416 e. The largest absolute Gasteiger partial charge is 0.416 e. The Labute approximate surface area is 284 Å². The fourth-order valence-electron chi connectivity index (χ4n) is 5.51. The number of thioether (sulfide) groups is 1. The number of rotatable bonds is 13. The summed E-state index contributed by atoms with van der Waals surface area (Å²) < 4.78 is 70.6. The highest BCUT2D eigenvalue weighted by Crippen LogP contribution is 2.31. The molecule has 1 amide bonds. The molecule has 0 spiro atoms. The molecule has 5 rings (SSSR count). The van der Waals surface area contributed by atoms with Crippen LogP contribution >= 0.6 is 11.8 Å². The molecule has 0 bridgehead atoms. The smallest absolute Gasteiger partial charge is 0.336 e. The first-order valence-electron chi connectivity index (χ1n) is 15.8. The number of hydrogen-bond acceptors (Lipinski definition) is 5. The normalized spacial score (nSPS) is 11.9. The fourth-order valence-corrected chi connectivity index (χ4v) is 6.53. The average molecular weight is 698 g/mol. The molecule has 5 aromatic rings. The molecule has 0 saturated heterocycles. The van der Waals surface area contributed by atoms with E-state index in [1.807, 2.05) is 38.1 Å². The van der Waals surface area contributed by atoms with Gasteiger partial charge >= 0.3 is 6.18 Å². The van der Waals surface area contributed by atoms with E-state index in [1.54, 1.807) is 22.7 Å². The number of likely N-dealkylation sites (N-methyl/N-ethyl adjacent to an activating group) is 1. The summed E-state index contributed by atoms with van der Waals surface area (Å²) in [6.07, 6.45) is -2.84. The number of carbonyl (C=O) groups is 1. The van der Waals surface area contributed by atoms with E-state index in [9.17, 15) is 31.5 Å². The second-order valence-corrected chi connectivity index (χ2v) is 12.6. The van der Waals surface area contributed by atoms with Crippen molar-refractivity contribution in [3.8, 4) is 11.1 Å². The van der Waals surface area contributed by atoms with Gasteiger partial charge in [-0.3, -0.25) is 14.3 Å². The third-order valence-electron chi connectivity index (χ3n) is 8.36. The van der Waals surface area contributed by atoms with Crippen LogP contribution in [0.1, 0.15) is 30.5 Å². The van der Waals surface area contributed by atoms with E-state index in [-0.39, 0.29) is 35.7 Å². The summed E-state index contributed by atoms with van der Waals surface area (Å²) in [4.78, 5) is 31.1. The summed E-state index contributed by atoms with van der Waals surface area (Å²) >= 11 is 1.11. The molecule has 0 aliphatic heterocycles. The molecule has 49 heavy (non-hydrogen) atoms. The Morgan fingerprint density at radius 2 is 1.57 bits per heavy atom. The molecular formula is C36H36F5N5O2S. The zero-order valence-corrected chi connectivity index (χ0v) is 28.1. The van der Waals surface area contributed by atoms with E-state index >= 15 is 0 Å². The van der Waals surface area contributed by atoms with Crippen molar-refractivity contribution in [3.05, 3.63) is 118 Å². The topological polar surface area (TPSA) is 63.4 Å². The number of carbonyl (C=O) groups excluding carboxylic acids is 1. The molecule has 0 saturated carbocycles. The highest BCUT2D eigenvalue weighted by atomic mass is 32.2. The van der Waals surface area contributed by atoms with Crippen LogP contribution in [0, 0.1) is 11.6 Å².